The van der Waals surface area contributed by atoms with Crippen molar-refractivity contribution in [2.45, 2.75) is 6.10 Å². The third kappa shape index (κ3) is 3.52. The fourth-order valence-corrected chi connectivity index (χ4v) is 2.97. The molecule has 22 heavy (non-hydrogen) atoms. The van der Waals surface area contributed by atoms with Crippen molar-refractivity contribution >= 4 is 28.9 Å². The van der Waals surface area contributed by atoms with Crippen LogP contribution in [0.1, 0.15) is 0 Å². The van der Waals surface area contributed by atoms with E-state index in [1.165, 1.54) is 0 Å². The number of amides is 1. The second kappa shape index (κ2) is 7.28. The van der Waals surface area contributed by atoms with Crippen LogP contribution in [0.25, 0.3) is 0 Å². The van der Waals surface area contributed by atoms with Crippen molar-refractivity contribution in [2.75, 3.05) is 56.2 Å². The molecule has 6 nitrogen and oxygen atoms in total. The molecule has 2 aliphatic rings. The molecule has 0 spiro atoms. The van der Waals surface area contributed by atoms with Crippen LogP contribution in [-0.2, 0) is 14.3 Å². The Morgan fingerprint density at radius 2 is 2.14 bits per heavy atom. The molecule has 7 heteroatoms. The first-order valence-electron chi connectivity index (χ1n) is 7.50. The van der Waals surface area contributed by atoms with Gasteiger partial charge in [-0.25, -0.2) is 0 Å². The van der Waals surface area contributed by atoms with Gasteiger partial charge in [-0.2, -0.15) is 0 Å². The zero-order valence-electron chi connectivity index (χ0n) is 12.3. The molecule has 120 valence electrons. The molecule has 2 heterocycles. The molecule has 2 fully saturated rings. The molecule has 2 saturated heterocycles. The lowest BCUT2D eigenvalue weighted by molar-refractivity contribution is -0.128. The number of hydrogen-bond donors (Lipinski definition) is 2. The van der Waals surface area contributed by atoms with Crippen LogP contribution in [0, 0.1) is 0 Å². The van der Waals surface area contributed by atoms with E-state index in [1.807, 2.05) is 18.2 Å². The molecule has 1 atom stereocenters. The Morgan fingerprint density at radius 1 is 1.32 bits per heavy atom. The van der Waals surface area contributed by atoms with Gasteiger partial charge in [0, 0.05) is 26.2 Å². The maximum Gasteiger partial charge on any atom is 0.254 e. The Labute approximate surface area is 134 Å². The fourth-order valence-electron chi connectivity index (χ4n) is 2.67. The Kier molecular flexibility index (Phi) is 5.15. The molecule has 0 aromatic heterocycles. The Hall–Kier alpha value is -1.34. The summed E-state index contributed by atoms with van der Waals surface area (Å²) in [6.07, 6.45) is -0.467. The van der Waals surface area contributed by atoms with Crippen LogP contribution in [0.15, 0.2) is 18.2 Å². The predicted molar refractivity (Wildman–Crippen MR) is 85.7 cm³/mol. The maximum absolute atomic E-state index is 12.4. The minimum absolute atomic E-state index is 0.149. The molecule has 2 aliphatic heterocycles. The van der Waals surface area contributed by atoms with E-state index in [9.17, 15) is 4.79 Å². The van der Waals surface area contributed by atoms with Crippen LogP contribution < -0.4 is 15.5 Å². The first kappa shape index (κ1) is 15.6. The molecule has 2 N–H and O–H groups in total. The molecule has 3 rings (SSSR count). The molecule has 1 aromatic rings. The van der Waals surface area contributed by atoms with Crippen molar-refractivity contribution in [2.24, 2.45) is 0 Å². The highest BCUT2D eigenvalue weighted by Gasteiger charge is 2.24. The van der Waals surface area contributed by atoms with Crippen molar-refractivity contribution in [3.05, 3.63) is 23.2 Å². The lowest BCUT2D eigenvalue weighted by Crippen LogP contribution is -2.45. The number of para-hydroxylation sites is 1. The van der Waals surface area contributed by atoms with Gasteiger partial charge < -0.3 is 25.0 Å². The molecule has 0 bridgehead atoms. The Balaban J connectivity index is 1.77. The standard InChI is InChI=1S/C15H20ClN3O3/c16-11-2-1-3-12(14(11)19-5-8-21-9-6-19)18-15(20)13-10-17-4-7-22-13/h1-3,13,17H,4-10H2,(H,18,20). The number of hydrogen-bond acceptors (Lipinski definition) is 5. The first-order valence-corrected chi connectivity index (χ1v) is 7.88. The zero-order chi connectivity index (χ0) is 15.4. The van der Waals surface area contributed by atoms with Gasteiger partial charge in [-0.15, -0.1) is 0 Å². The summed E-state index contributed by atoms with van der Waals surface area (Å²) in [5.74, 6) is -0.149. The van der Waals surface area contributed by atoms with Crippen molar-refractivity contribution in [3.8, 4) is 0 Å². The van der Waals surface area contributed by atoms with Gasteiger partial charge in [0.05, 0.1) is 36.2 Å². The number of halogens is 1. The molecular formula is C15H20ClN3O3. The van der Waals surface area contributed by atoms with Crippen LogP contribution in [-0.4, -0.2) is 58.0 Å². The monoisotopic (exact) mass is 325 g/mol. The smallest absolute Gasteiger partial charge is 0.254 e. The van der Waals surface area contributed by atoms with Crippen molar-refractivity contribution < 1.29 is 14.3 Å². The number of rotatable bonds is 3. The molecular weight excluding hydrogens is 306 g/mol. The number of morpholine rings is 2. The van der Waals surface area contributed by atoms with E-state index in [1.54, 1.807) is 0 Å². The SMILES string of the molecule is O=C(Nc1cccc(Cl)c1N1CCOCC1)C1CNCCO1. The van der Waals surface area contributed by atoms with E-state index >= 15 is 0 Å². The summed E-state index contributed by atoms with van der Waals surface area (Å²) in [7, 11) is 0. The van der Waals surface area contributed by atoms with Crippen LogP contribution in [0.3, 0.4) is 0 Å². The molecule has 1 aromatic carbocycles. The highest BCUT2D eigenvalue weighted by atomic mass is 35.5. The molecule has 0 saturated carbocycles. The average Bonchev–Trinajstić information content (AvgIpc) is 2.56. The minimum Gasteiger partial charge on any atom is -0.378 e. The van der Waals surface area contributed by atoms with E-state index in [0.717, 1.165) is 25.3 Å². The highest BCUT2D eigenvalue weighted by Crippen LogP contribution is 2.34. The zero-order valence-corrected chi connectivity index (χ0v) is 13.1. The molecule has 1 unspecified atom stereocenters. The van der Waals surface area contributed by atoms with Crippen LogP contribution in [0.5, 0.6) is 0 Å². The van der Waals surface area contributed by atoms with E-state index in [0.29, 0.717) is 37.1 Å². The quantitative estimate of drug-likeness (QED) is 0.871. The Bertz CT molecular complexity index is 529. The Morgan fingerprint density at radius 3 is 2.86 bits per heavy atom. The van der Waals surface area contributed by atoms with Gasteiger partial charge in [-0.3, -0.25) is 4.79 Å². The fraction of sp³-hybridized carbons (Fsp3) is 0.533. The third-order valence-electron chi connectivity index (χ3n) is 3.79. The second-order valence-electron chi connectivity index (χ2n) is 5.29. The van der Waals surface area contributed by atoms with Gasteiger partial charge >= 0.3 is 0 Å². The number of nitrogens with zero attached hydrogens (tertiary/aromatic N) is 1. The lowest BCUT2D eigenvalue weighted by Gasteiger charge is -2.31. The van der Waals surface area contributed by atoms with Gasteiger partial charge in [0.1, 0.15) is 6.10 Å². The summed E-state index contributed by atoms with van der Waals surface area (Å²) in [5, 5.41) is 6.73. The number of carbonyl (C=O) groups is 1. The predicted octanol–water partition coefficient (Wildman–Crippen LogP) is 1.10. The van der Waals surface area contributed by atoms with Gasteiger partial charge in [-0.1, -0.05) is 17.7 Å². The molecule has 1 amide bonds. The van der Waals surface area contributed by atoms with E-state index < -0.39 is 6.10 Å². The third-order valence-corrected chi connectivity index (χ3v) is 4.10. The van der Waals surface area contributed by atoms with Crippen LogP contribution in [0.2, 0.25) is 5.02 Å². The van der Waals surface area contributed by atoms with Gasteiger partial charge in [0.2, 0.25) is 0 Å². The maximum atomic E-state index is 12.4. The second-order valence-corrected chi connectivity index (χ2v) is 5.70. The van der Waals surface area contributed by atoms with Gasteiger partial charge in [-0.05, 0) is 12.1 Å². The summed E-state index contributed by atoms with van der Waals surface area (Å²) in [6, 6.07) is 5.54. The summed E-state index contributed by atoms with van der Waals surface area (Å²) in [5.41, 5.74) is 1.57. The van der Waals surface area contributed by atoms with E-state index in [-0.39, 0.29) is 5.91 Å². The lowest BCUT2D eigenvalue weighted by atomic mass is 10.2. The van der Waals surface area contributed by atoms with Crippen LogP contribution in [0.4, 0.5) is 11.4 Å². The first-order chi connectivity index (χ1) is 10.8. The number of ether oxygens (including phenoxy) is 2. The average molecular weight is 326 g/mol. The van der Waals surface area contributed by atoms with Gasteiger partial charge in [0.25, 0.3) is 5.91 Å². The molecule has 0 radical (unpaired) electrons. The van der Waals surface area contributed by atoms with Crippen molar-refractivity contribution in [1.82, 2.24) is 5.32 Å². The number of anilines is 2. The van der Waals surface area contributed by atoms with Crippen LogP contribution >= 0.6 is 11.6 Å². The normalized spacial score (nSPS) is 22.4. The van der Waals surface area contributed by atoms with Crippen molar-refractivity contribution in [3.63, 3.8) is 0 Å². The minimum atomic E-state index is -0.467. The number of nitrogens with one attached hydrogen (secondary N) is 2. The summed E-state index contributed by atoms with van der Waals surface area (Å²) in [6.45, 7) is 4.69. The topological polar surface area (TPSA) is 62.8 Å². The number of benzene rings is 1. The van der Waals surface area contributed by atoms with Gasteiger partial charge in [0.15, 0.2) is 0 Å². The largest absolute Gasteiger partial charge is 0.378 e. The summed E-state index contributed by atoms with van der Waals surface area (Å²) in [4.78, 5) is 14.5. The van der Waals surface area contributed by atoms with E-state index in [4.69, 9.17) is 21.1 Å². The number of carbonyl (C=O) groups excluding carboxylic acids is 1. The summed E-state index contributed by atoms with van der Waals surface area (Å²) < 4.78 is 10.9. The van der Waals surface area contributed by atoms with E-state index in [2.05, 4.69) is 15.5 Å². The molecule has 0 aliphatic carbocycles. The summed E-state index contributed by atoms with van der Waals surface area (Å²) >= 11 is 6.35. The van der Waals surface area contributed by atoms with Crippen molar-refractivity contribution in [1.29, 1.82) is 0 Å². The highest BCUT2D eigenvalue weighted by molar-refractivity contribution is 6.34.